The Morgan fingerprint density at radius 3 is 2.24 bits per heavy atom. The third-order valence-electron chi connectivity index (χ3n) is 3.50. The Hall–Kier alpha value is -0.130. The van der Waals surface area contributed by atoms with Crippen molar-refractivity contribution in [2.45, 2.75) is 64.3 Å². The van der Waals surface area contributed by atoms with E-state index in [2.05, 4.69) is 12.2 Å². The van der Waals surface area contributed by atoms with Crippen LogP contribution in [0.5, 0.6) is 0 Å². The van der Waals surface area contributed by atoms with Crippen LogP contribution in [0.3, 0.4) is 0 Å². The lowest BCUT2D eigenvalue weighted by Gasteiger charge is -2.41. The Balaban J connectivity index is 2.98. The first-order chi connectivity index (χ1) is 7.74. The number of piperazine rings is 1. The lowest BCUT2D eigenvalue weighted by Crippen LogP contribution is -2.60. The minimum absolute atomic E-state index is 0.0991. The molecule has 1 aliphatic heterocycles. The van der Waals surface area contributed by atoms with E-state index in [1.54, 1.807) is 25.1 Å². The summed E-state index contributed by atoms with van der Waals surface area (Å²) in [5.41, 5.74) is 0. The van der Waals surface area contributed by atoms with Gasteiger partial charge in [-0.2, -0.15) is 4.31 Å². The summed E-state index contributed by atoms with van der Waals surface area (Å²) in [4.78, 5) is 0. The SMILES string of the molecule is CCC1CN(S(=O)(=O)C(C)(C)C)C(CC)CN1. The van der Waals surface area contributed by atoms with Gasteiger partial charge in [0, 0.05) is 25.2 Å². The third-order valence-corrected chi connectivity index (χ3v) is 6.11. The molecule has 0 spiro atoms. The summed E-state index contributed by atoms with van der Waals surface area (Å²) >= 11 is 0. The molecule has 102 valence electrons. The van der Waals surface area contributed by atoms with Crippen molar-refractivity contribution < 1.29 is 8.42 Å². The molecule has 1 saturated heterocycles. The van der Waals surface area contributed by atoms with Crippen molar-refractivity contribution >= 4 is 10.0 Å². The van der Waals surface area contributed by atoms with Crippen LogP contribution in [0.15, 0.2) is 0 Å². The molecule has 1 heterocycles. The highest BCUT2D eigenvalue weighted by molar-refractivity contribution is 7.90. The highest BCUT2D eigenvalue weighted by atomic mass is 32.2. The fraction of sp³-hybridized carbons (Fsp3) is 1.00. The molecule has 2 atom stereocenters. The molecule has 1 N–H and O–H groups in total. The van der Waals surface area contributed by atoms with Crippen LogP contribution in [0.25, 0.3) is 0 Å². The third kappa shape index (κ3) is 3.01. The lowest BCUT2D eigenvalue weighted by atomic mass is 10.1. The van der Waals surface area contributed by atoms with Crippen LogP contribution in [-0.4, -0.2) is 42.6 Å². The van der Waals surface area contributed by atoms with Crippen molar-refractivity contribution in [3.8, 4) is 0 Å². The van der Waals surface area contributed by atoms with Crippen LogP contribution in [0, 0.1) is 0 Å². The molecule has 0 radical (unpaired) electrons. The molecule has 0 amide bonds. The van der Waals surface area contributed by atoms with E-state index in [-0.39, 0.29) is 12.1 Å². The number of sulfonamides is 1. The van der Waals surface area contributed by atoms with E-state index >= 15 is 0 Å². The predicted molar refractivity (Wildman–Crippen MR) is 71.5 cm³/mol. The minimum Gasteiger partial charge on any atom is -0.311 e. The van der Waals surface area contributed by atoms with Crippen molar-refractivity contribution in [2.24, 2.45) is 0 Å². The summed E-state index contributed by atoms with van der Waals surface area (Å²) in [5, 5.41) is 3.42. The van der Waals surface area contributed by atoms with Gasteiger partial charge in [-0.3, -0.25) is 0 Å². The molecule has 0 aliphatic carbocycles. The van der Waals surface area contributed by atoms with E-state index in [0.717, 1.165) is 19.4 Å². The monoisotopic (exact) mass is 262 g/mol. The summed E-state index contributed by atoms with van der Waals surface area (Å²) in [6.07, 6.45) is 1.82. The fourth-order valence-electron chi connectivity index (χ4n) is 2.10. The summed E-state index contributed by atoms with van der Waals surface area (Å²) in [6, 6.07) is 0.386. The van der Waals surface area contributed by atoms with Gasteiger partial charge in [-0.1, -0.05) is 13.8 Å². The quantitative estimate of drug-likeness (QED) is 0.840. The molecular formula is C12H26N2O2S. The zero-order valence-electron chi connectivity index (χ0n) is 11.7. The summed E-state index contributed by atoms with van der Waals surface area (Å²) in [7, 11) is -3.21. The highest BCUT2D eigenvalue weighted by Crippen LogP contribution is 2.25. The summed E-state index contributed by atoms with van der Waals surface area (Å²) in [6.45, 7) is 10.8. The Labute approximate surface area is 106 Å². The van der Waals surface area contributed by atoms with Crippen LogP contribution in [0.2, 0.25) is 0 Å². The molecule has 0 aromatic carbocycles. The van der Waals surface area contributed by atoms with Gasteiger partial charge >= 0.3 is 0 Å². The summed E-state index contributed by atoms with van der Waals surface area (Å²) < 4.78 is 26.1. The van der Waals surface area contributed by atoms with E-state index in [9.17, 15) is 8.42 Å². The molecule has 0 bridgehead atoms. The van der Waals surface area contributed by atoms with Crippen LogP contribution in [-0.2, 0) is 10.0 Å². The number of nitrogens with one attached hydrogen (secondary N) is 1. The second-order valence-corrected chi connectivity index (χ2v) is 8.41. The van der Waals surface area contributed by atoms with Gasteiger partial charge in [-0.15, -0.1) is 0 Å². The van der Waals surface area contributed by atoms with E-state index in [0.29, 0.717) is 6.54 Å². The largest absolute Gasteiger partial charge is 0.311 e. The zero-order chi connectivity index (χ0) is 13.3. The summed E-state index contributed by atoms with van der Waals surface area (Å²) in [5.74, 6) is 0. The van der Waals surface area contributed by atoms with Gasteiger partial charge in [0.2, 0.25) is 10.0 Å². The topological polar surface area (TPSA) is 49.4 Å². The average Bonchev–Trinajstić information content (AvgIpc) is 2.26. The second-order valence-electron chi connectivity index (χ2n) is 5.76. The minimum atomic E-state index is -3.21. The van der Waals surface area contributed by atoms with Gasteiger partial charge in [-0.25, -0.2) is 8.42 Å². The molecule has 1 fully saturated rings. The first-order valence-electron chi connectivity index (χ1n) is 6.48. The van der Waals surface area contributed by atoms with Crippen LogP contribution in [0.1, 0.15) is 47.5 Å². The van der Waals surface area contributed by atoms with Crippen LogP contribution < -0.4 is 5.32 Å². The van der Waals surface area contributed by atoms with Gasteiger partial charge in [0.1, 0.15) is 0 Å². The smallest absolute Gasteiger partial charge is 0.219 e. The Kier molecular flexibility index (Phi) is 4.60. The van der Waals surface area contributed by atoms with Crippen LogP contribution >= 0.6 is 0 Å². The normalized spacial score (nSPS) is 28.3. The molecule has 0 aromatic heterocycles. The number of hydrogen-bond acceptors (Lipinski definition) is 3. The highest BCUT2D eigenvalue weighted by Gasteiger charge is 2.41. The van der Waals surface area contributed by atoms with Gasteiger partial charge in [-0.05, 0) is 33.6 Å². The molecule has 17 heavy (non-hydrogen) atoms. The Bertz CT molecular complexity index is 346. The maximum Gasteiger partial charge on any atom is 0.219 e. The number of rotatable bonds is 3. The predicted octanol–water partition coefficient (Wildman–Crippen LogP) is 1.58. The van der Waals surface area contributed by atoms with E-state index in [1.165, 1.54) is 0 Å². The molecule has 5 heteroatoms. The zero-order valence-corrected chi connectivity index (χ0v) is 12.5. The maximum absolute atomic E-state index is 12.5. The van der Waals surface area contributed by atoms with Gasteiger partial charge < -0.3 is 5.32 Å². The fourth-order valence-corrected chi connectivity index (χ4v) is 3.80. The number of nitrogens with zero attached hydrogens (tertiary/aromatic N) is 1. The molecular weight excluding hydrogens is 236 g/mol. The van der Waals surface area contributed by atoms with Crippen LogP contribution in [0.4, 0.5) is 0 Å². The molecule has 4 nitrogen and oxygen atoms in total. The van der Waals surface area contributed by atoms with Crippen molar-refractivity contribution in [1.82, 2.24) is 9.62 Å². The van der Waals surface area contributed by atoms with Crippen molar-refractivity contribution in [1.29, 1.82) is 0 Å². The lowest BCUT2D eigenvalue weighted by molar-refractivity contribution is 0.211. The van der Waals surface area contributed by atoms with E-state index in [4.69, 9.17) is 0 Å². The second kappa shape index (κ2) is 5.24. The first-order valence-corrected chi connectivity index (χ1v) is 7.92. The van der Waals surface area contributed by atoms with Gasteiger partial charge in [0.05, 0.1) is 4.75 Å². The molecule has 1 rings (SSSR count). The molecule has 0 aromatic rings. The van der Waals surface area contributed by atoms with Crippen molar-refractivity contribution in [2.75, 3.05) is 13.1 Å². The van der Waals surface area contributed by atoms with E-state index in [1.807, 2.05) is 6.92 Å². The number of hydrogen-bond donors (Lipinski definition) is 1. The Morgan fingerprint density at radius 1 is 1.24 bits per heavy atom. The van der Waals surface area contributed by atoms with Crippen molar-refractivity contribution in [3.05, 3.63) is 0 Å². The average molecular weight is 262 g/mol. The van der Waals surface area contributed by atoms with E-state index < -0.39 is 14.8 Å². The maximum atomic E-state index is 12.5. The van der Waals surface area contributed by atoms with Gasteiger partial charge in [0.25, 0.3) is 0 Å². The standard InChI is InChI=1S/C12H26N2O2S/c1-6-10-9-14(11(7-2)8-13-10)17(15,16)12(3,4)5/h10-11,13H,6-9H2,1-5H3. The molecule has 1 aliphatic rings. The van der Waals surface area contributed by atoms with Gasteiger partial charge in [0.15, 0.2) is 0 Å². The van der Waals surface area contributed by atoms with Crippen molar-refractivity contribution in [3.63, 3.8) is 0 Å². The first kappa shape index (κ1) is 14.9. The molecule has 2 unspecified atom stereocenters. The molecule has 0 saturated carbocycles. The Morgan fingerprint density at radius 2 is 1.82 bits per heavy atom.